The molecular weight excluding hydrogens is 204 g/mol. The van der Waals surface area contributed by atoms with E-state index >= 15 is 0 Å². The van der Waals surface area contributed by atoms with Gasteiger partial charge in [-0.2, -0.15) is 0 Å². The average molecular weight is 208 g/mol. The number of benzene rings is 1. The van der Waals surface area contributed by atoms with Crippen molar-refractivity contribution in [2.75, 3.05) is 0 Å². The van der Waals surface area contributed by atoms with E-state index < -0.39 is 4.92 Å². The minimum Gasteiger partial charge on any atom is -0.337 e. The highest BCUT2D eigenvalue weighted by atomic mass is 16.6. The van der Waals surface area contributed by atoms with Crippen LogP contribution in [0, 0.1) is 15.6 Å². The van der Waals surface area contributed by atoms with Crippen molar-refractivity contribution in [3.05, 3.63) is 38.8 Å². The second-order valence-electron chi connectivity index (χ2n) is 2.25. The van der Waals surface area contributed by atoms with E-state index in [0.717, 1.165) is 0 Å². The van der Waals surface area contributed by atoms with Crippen molar-refractivity contribution >= 4 is 16.8 Å². The van der Waals surface area contributed by atoms with Crippen LogP contribution >= 0.6 is 0 Å². The molecule has 0 saturated carbocycles. The number of nitro benzene ring substituents is 1. The summed E-state index contributed by atoms with van der Waals surface area (Å²) in [6.45, 7) is 0. The van der Waals surface area contributed by atoms with Gasteiger partial charge in [-0.05, 0) is 16.5 Å². The lowest BCUT2D eigenvalue weighted by Gasteiger charge is -1.87. The molecule has 0 fully saturated rings. The fourth-order valence-electron chi connectivity index (χ4n) is 0.937. The Hall–Kier alpha value is -2.67. The van der Waals surface area contributed by atoms with Crippen LogP contribution in [0.15, 0.2) is 22.7 Å². The monoisotopic (exact) mass is 208 g/mol. The lowest BCUT2D eigenvalue weighted by atomic mass is 10.3. The number of hydrogen-bond acceptors (Lipinski definition) is 6. The Labute approximate surface area is 81.8 Å². The maximum absolute atomic E-state index is 10.4. The third kappa shape index (κ3) is 2.17. The summed E-state index contributed by atoms with van der Waals surface area (Å²) < 4.78 is 4.64. The van der Waals surface area contributed by atoms with Crippen LogP contribution in [0.25, 0.3) is 21.5 Å². The summed E-state index contributed by atoms with van der Waals surface area (Å²) in [5, 5.41) is 17.1. The molecule has 0 atom stereocenters. The van der Waals surface area contributed by atoms with Gasteiger partial charge in [-0.1, -0.05) is 6.07 Å². The quantitative estimate of drug-likeness (QED) is 0.250. The second-order valence-corrected chi connectivity index (χ2v) is 2.25. The molecule has 76 valence electrons. The molecule has 0 radical (unpaired) electrons. The smallest absolute Gasteiger partial charge is 0.300 e. The van der Waals surface area contributed by atoms with Crippen LogP contribution in [-0.2, 0) is 0 Å². The highest BCUT2D eigenvalue weighted by Crippen LogP contribution is 2.21. The maximum atomic E-state index is 10.4. The van der Waals surface area contributed by atoms with Gasteiger partial charge in [-0.3, -0.25) is 10.1 Å². The number of nitrogens with one attached hydrogen (secondary N) is 1. The molecule has 1 aromatic carbocycles. The van der Waals surface area contributed by atoms with E-state index in [2.05, 4.69) is 14.9 Å². The summed E-state index contributed by atoms with van der Waals surface area (Å²) in [6, 6.07) is 4.45. The van der Waals surface area contributed by atoms with Crippen LogP contribution < -0.4 is 0 Å². The summed E-state index contributed by atoms with van der Waals surface area (Å²) in [5.41, 5.74) is 12.7. The summed E-state index contributed by atoms with van der Waals surface area (Å²) in [4.78, 5) is 11.6. The third-order valence-corrected chi connectivity index (χ3v) is 1.45. The first-order valence-corrected chi connectivity index (χ1v) is 3.57. The zero-order valence-corrected chi connectivity index (χ0v) is 7.19. The zero-order valence-electron chi connectivity index (χ0n) is 7.19. The highest BCUT2D eigenvalue weighted by molar-refractivity contribution is 5.81. The maximum Gasteiger partial charge on any atom is 0.300 e. The van der Waals surface area contributed by atoms with Crippen LogP contribution in [0.5, 0.6) is 0 Å². The molecule has 2 rings (SSSR count). The van der Waals surface area contributed by atoms with E-state index in [9.17, 15) is 10.1 Å². The van der Waals surface area contributed by atoms with Crippen molar-refractivity contribution in [2.45, 2.75) is 0 Å². The van der Waals surface area contributed by atoms with Crippen molar-refractivity contribution in [1.29, 1.82) is 5.53 Å². The Balaban J connectivity index is 0.000000337. The second kappa shape index (κ2) is 4.53. The standard InChI is InChI=1S/C6H3N3O3.HN3/c10-9(11)4-2-1-3-5-6(4)7-8-12-5;1-3-2/h1-3H;1H. The van der Waals surface area contributed by atoms with Crippen molar-refractivity contribution in [2.24, 2.45) is 0 Å². The number of aromatic nitrogens is 2. The van der Waals surface area contributed by atoms with Gasteiger partial charge in [0, 0.05) is 11.3 Å². The van der Waals surface area contributed by atoms with Gasteiger partial charge in [-0.15, -0.1) is 10.6 Å². The Morgan fingerprint density at radius 3 is 2.87 bits per heavy atom. The first kappa shape index (κ1) is 10.4. The van der Waals surface area contributed by atoms with E-state index in [0.29, 0.717) is 5.58 Å². The Morgan fingerprint density at radius 1 is 1.60 bits per heavy atom. The van der Waals surface area contributed by atoms with Crippen LogP contribution in [0.1, 0.15) is 0 Å². The molecule has 0 saturated heterocycles. The molecule has 15 heavy (non-hydrogen) atoms. The fourth-order valence-corrected chi connectivity index (χ4v) is 0.937. The minimum atomic E-state index is -0.521. The lowest BCUT2D eigenvalue weighted by Crippen LogP contribution is -1.88. The molecule has 0 bridgehead atoms. The number of rotatable bonds is 1. The van der Waals surface area contributed by atoms with E-state index in [-0.39, 0.29) is 11.2 Å². The molecule has 0 aliphatic rings. The number of nitro groups is 1. The van der Waals surface area contributed by atoms with Crippen LogP contribution in [0.3, 0.4) is 0 Å². The molecule has 0 spiro atoms. The molecule has 0 unspecified atom stereocenters. The Kier molecular flexibility index (Phi) is 3.15. The molecule has 9 nitrogen and oxygen atoms in total. The van der Waals surface area contributed by atoms with Crippen LogP contribution in [0.4, 0.5) is 5.69 Å². The molecular formula is C6H4N6O3. The van der Waals surface area contributed by atoms with Crippen LogP contribution in [0.2, 0.25) is 0 Å². The van der Waals surface area contributed by atoms with E-state index in [4.69, 9.17) is 11.1 Å². The SMILES string of the molecule is O=[N+]([O-])c1cccc2onnc12.[N-]=[N+]=N. The first-order chi connectivity index (χ1) is 7.20. The molecule has 1 N–H and O–H groups in total. The topological polar surface area (TPSA) is 142 Å². The van der Waals surface area contributed by atoms with Crippen molar-refractivity contribution < 1.29 is 9.45 Å². The average Bonchev–Trinajstić information content (AvgIpc) is 2.65. The highest BCUT2D eigenvalue weighted by Gasteiger charge is 2.14. The molecule has 1 aromatic heterocycles. The van der Waals surface area contributed by atoms with Gasteiger partial charge in [-0.25, -0.2) is 0 Å². The summed E-state index contributed by atoms with van der Waals surface area (Å²) in [5.74, 6) is 0. The van der Waals surface area contributed by atoms with Gasteiger partial charge >= 0.3 is 5.69 Å². The summed E-state index contributed by atoms with van der Waals surface area (Å²) in [6.07, 6.45) is 0. The number of hydrogen-bond donors (Lipinski definition) is 1. The van der Waals surface area contributed by atoms with Crippen molar-refractivity contribution in [3.8, 4) is 0 Å². The number of fused-ring (bicyclic) bond motifs is 1. The van der Waals surface area contributed by atoms with Crippen molar-refractivity contribution in [1.82, 2.24) is 10.4 Å². The van der Waals surface area contributed by atoms with E-state index in [1.165, 1.54) is 12.1 Å². The molecule has 0 aliphatic heterocycles. The number of nitrogens with zero attached hydrogens (tertiary/aromatic N) is 5. The summed E-state index contributed by atoms with van der Waals surface area (Å²) in [7, 11) is 0. The molecule has 0 aliphatic carbocycles. The van der Waals surface area contributed by atoms with Gasteiger partial charge in [0.25, 0.3) is 0 Å². The summed E-state index contributed by atoms with van der Waals surface area (Å²) >= 11 is 0. The zero-order chi connectivity index (χ0) is 11.3. The van der Waals surface area contributed by atoms with Gasteiger partial charge in [0.1, 0.15) is 0 Å². The first-order valence-electron chi connectivity index (χ1n) is 3.57. The molecule has 2 aromatic rings. The van der Waals surface area contributed by atoms with E-state index in [1.807, 2.05) is 0 Å². The molecule has 9 heteroatoms. The van der Waals surface area contributed by atoms with E-state index in [1.54, 1.807) is 11.0 Å². The predicted molar refractivity (Wildman–Crippen MR) is 47.9 cm³/mol. The Morgan fingerprint density at radius 2 is 2.27 bits per heavy atom. The van der Waals surface area contributed by atoms with Crippen molar-refractivity contribution in [3.63, 3.8) is 0 Å². The molecule has 1 heterocycles. The normalized spacial score (nSPS) is 8.80. The van der Waals surface area contributed by atoms with Gasteiger partial charge in [0.2, 0.25) is 5.52 Å². The predicted octanol–water partition coefficient (Wildman–Crippen LogP) is 2.01. The lowest BCUT2D eigenvalue weighted by molar-refractivity contribution is -0.383. The third-order valence-electron chi connectivity index (χ3n) is 1.45. The van der Waals surface area contributed by atoms with Gasteiger partial charge in [0.05, 0.1) is 4.92 Å². The van der Waals surface area contributed by atoms with Gasteiger partial charge in [0.15, 0.2) is 5.58 Å². The minimum absolute atomic E-state index is 0.0891. The van der Waals surface area contributed by atoms with Gasteiger partial charge < -0.3 is 4.52 Å². The van der Waals surface area contributed by atoms with Crippen LogP contribution in [-0.4, -0.2) is 15.3 Å². The fraction of sp³-hybridized carbons (Fsp3) is 0. The Bertz CT molecular complexity index is 514. The number of non-ortho nitro benzene ring substituents is 1. The largest absolute Gasteiger partial charge is 0.337 e. The molecule has 0 amide bonds.